The quantitative estimate of drug-likeness (QED) is 0.918. The van der Waals surface area contributed by atoms with Crippen molar-refractivity contribution < 1.29 is 4.79 Å². The molecule has 0 radical (unpaired) electrons. The summed E-state index contributed by atoms with van der Waals surface area (Å²) >= 11 is 0. The fourth-order valence-electron chi connectivity index (χ4n) is 3.34. The fourth-order valence-corrected chi connectivity index (χ4v) is 3.34. The monoisotopic (exact) mass is 298 g/mol. The van der Waals surface area contributed by atoms with E-state index in [1.807, 2.05) is 47.3 Å². The molecule has 0 bridgehead atoms. The Bertz CT molecular complexity index is 596. The average Bonchev–Trinajstić information content (AvgIpc) is 3.03. The number of aromatic nitrogens is 2. The maximum absolute atomic E-state index is 12.1. The minimum atomic E-state index is -0.359. The van der Waals surface area contributed by atoms with Crippen molar-refractivity contribution in [1.29, 1.82) is 0 Å². The highest BCUT2D eigenvalue weighted by Crippen LogP contribution is 2.29. The summed E-state index contributed by atoms with van der Waals surface area (Å²) in [5.41, 5.74) is 6.71. The number of nitrogens with zero attached hydrogens (tertiary/aromatic N) is 3. The third-order valence-corrected chi connectivity index (χ3v) is 4.35. The molecule has 0 aliphatic carbocycles. The van der Waals surface area contributed by atoms with Gasteiger partial charge in [-0.2, -0.15) is 5.10 Å². The molecule has 1 fully saturated rings. The zero-order valence-corrected chi connectivity index (χ0v) is 12.6. The first-order valence-electron chi connectivity index (χ1n) is 7.83. The Kier molecular flexibility index (Phi) is 4.53. The van der Waals surface area contributed by atoms with Gasteiger partial charge in [0.1, 0.15) is 6.04 Å². The van der Waals surface area contributed by atoms with Crippen LogP contribution < -0.4 is 5.73 Å². The van der Waals surface area contributed by atoms with E-state index in [0.29, 0.717) is 0 Å². The van der Waals surface area contributed by atoms with Crippen molar-refractivity contribution >= 4 is 5.91 Å². The number of hydrogen-bond donors (Lipinski definition) is 1. The molecule has 0 saturated carbocycles. The predicted octanol–water partition coefficient (Wildman–Crippen LogP) is 1.96. The summed E-state index contributed by atoms with van der Waals surface area (Å²) in [6, 6.07) is 11.7. The number of carbonyl (C=O) groups excluding carboxylic acids is 1. The van der Waals surface area contributed by atoms with E-state index >= 15 is 0 Å². The second-order valence-electron chi connectivity index (χ2n) is 5.83. The van der Waals surface area contributed by atoms with Crippen molar-refractivity contribution in [3.05, 3.63) is 54.4 Å². The van der Waals surface area contributed by atoms with E-state index in [1.54, 1.807) is 6.20 Å². The number of likely N-dealkylation sites (tertiary alicyclic amines) is 1. The van der Waals surface area contributed by atoms with Gasteiger partial charge in [0, 0.05) is 18.4 Å². The van der Waals surface area contributed by atoms with Gasteiger partial charge in [0.25, 0.3) is 0 Å². The maximum atomic E-state index is 12.1. The summed E-state index contributed by atoms with van der Waals surface area (Å²) in [5, 5.41) is 4.30. The minimum absolute atomic E-state index is 0.279. The molecule has 3 rings (SSSR count). The standard InChI is InChI=1S/C17H22N4O/c18-17(22)16(14-7-2-1-3-8-14)21-12-5-4-9-15(21)13-20-11-6-10-19-20/h1-3,6-8,10-11,15-16H,4-5,9,12-13H2,(H2,18,22)/t15-,16-/m0/s1. The zero-order chi connectivity index (χ0) is 15.4. The summed E-state index contributed by atoms with van der Waals surface area (Å²) in [6.45, 7) is 1.69. The minimum Gasteiger partial charge on any atom is -0.368 e. The van der Waals surface area contributed by atoms with Crippen molar-refractivity contribution in [1.82, 2.24) is 14.7 Å². The molecular weight excluding hydrogens is 276 g/mol. The first kappa shape index (κ1) is 14.8. The maximum Gasteiger partial charge on any atom is 0.239 e. The molecule has 1 aliphatic rings. The lowest BCUT2D eigenvalue weighted by atomic mass is 9.96. The van der Waals surface area contributed by atoms with Crippen molar-refractivity contribution in [3.63, 3.8) is 0 Å². The molecule has 22 heavy (non-hydrogen) atoms. The molecule has 1 amide bonds. The predicted molar refractivity (Wildman–Crippen MR) is 84.9 cm³/mol. The number of primary amides is 1. The lowest BCUT2D eigenvalue weighted by Crippen LogP contribution is -2.48. The van der Waals surface area contributed by atoms with Crippen molar-refractivity contribution in [2.45, 2.75) is 37.9 Å². The van der Waals surface area contributed by atoms with Crippen molar-refractivity contribution in [2.75, 3.05) is 6.54 Å². The number of carbonyl (C=O) groups is 1. The summed E-state index contributed by atoms with van der Waals surface area (Å²) in [6.07, 6.45) is 7.11. The number of piperidine rings is 1. The number of rotatable bonds is 5. The molecule has 0 unspecified atom stereocenters. The van der Waals surface area contributed by atoms with Crippen LogP contribution in [0.1, 0.15) is 30.9 Å². The van der Waals surface area contributed by atoms with Gasteiger partial charge in [-0.15, -0.1) is 0 Å². The topological polar surface area (TPSA) is 64.2 Å². The van der Waals surface area contributed by atoms with Gasteiger partial charge in [0.2, 0.25) is 5.91 Å². The van der Waals surface area contributed by atoms with Crippen LogP contribution in [-0.2, 0) is 11.3 Å². The van der Waals surface area contributed by atoms with Gasteiger partial charge in [-0.25, -0.2) is 0 Å². The Hall–Kier alpha value is -2.14. The van der Waals surface area contributed by atoms with Crippen molar-refractivity contribution in [3.8, 4) is 0 Å². The fraction of sp³-hybridized carbons (Fsp3) is 0.412. The molecule has 1 aromatic carbocycles. The van der Waals surface area contributed by atoms with Gasteiger partial charge >= 0.3 is 0 Å². The molecule has 2 heterocycles. The zero-order valence-electron chi connectivity index (χ0n) is 12.6. The Morgan fingerprint density at radius 1 is 1.27 bits per heavy atom. The van der Waals surface area contributed by atoms with E-state index in [2.05, 4.69) is 10.00 Å². The average molecular weight is 298 g/mol. The molecule has 116 valence electrons. The van der Waals surface area contributed by atoms with E-state index < -0.39 is 0 Å². The van der Waals surface area contributed by atoms with Crippen LogP contribution in [0.25, 0.3) is 0 Å². The summed E-state index contributed by atoms with van der Waals surface area (Å²) in [4.78, 5) is 14.4. The molecular formula is C17H22N4O. The SMILES string of the molecule is NC(=O)[C@H](c1ccccc1)N1CCCC[C@H]1Cn1cccn1. The first-order chi connectivity index (χ1) is 10.8. The molecule has 1 saturated heterocycles. The molecule has 2 N–H and O–H groups in total. The highest BCUT2D eigenvalue weighted by Gasteiger charge is 2.33. The Morgan fingerprint density at radius 2 is 2.09 bits per heavy atom. The van der Waals surface area contributed by atoms with E-state index in [4.69, 9.17) is 5.73 Å². The highest BCUT2D eigenvalue weighted by atomic mass is 16.1. The summed E-state index contributed by atoms with van der Waals surface area (Å²) in [5.74, 6) is -0.279. The largest absolute Gasteiger partial charge is 0.368 e. The van der Waals surface area contributed by atoms with E-state index in [0.717, 1.165) is 31.5 Å². The molecule has 5 nitrogen and oxygen atoms in total. The van der Waals surface area contributed by atoms with Crippen LogP contribution in [0.5, 0.6) is 0 Å². The number of hydrogen-bond acceptors (Lipinski definition) is 3. The van der Waals surface area contributed by atoms with Gasteiger partial charge in [-0.3, -0.25) is 14.4 Å². The van der Waals surface area contributed by atoms with Gasteiger partial charge < -0.3 is 5.73 Å². The Labute approximate surface area is 130 Å². The Balaban J connectivity index is 1.85. The lowest BCUT2D eigenvalue weighted by Gasteiger charge is -2.40. The number of amides is 1. The van der Waals surface area contributed by atoms with Crippen LogP contribution in [-0.4, -0.2) is 33.2 Å². The van der Waals surface area contributed by atoms with Crippen LogP contribution in [0, 0.1) is 0 Å². The summed E-state index contributed by atoms with van der Waals surface area (Å²) < 4.78 is 1.94. The third kappa shape index (κ3) is 3.20. The first-order valence-corrected chi connectivity index (χ1v) is 7.83. The van der Waals surface area contributed by atoms with E-state index in [-0.39, 0.29) is 18.0 Å². The van der Waals surface area contributed by atoms with Crippen molar-refractivity contribution in [2.24, 2.45) is 5.73 Å². The number of nitrogens with two attached hydrogens (primary N) is 1. The molecule has 2 aromatic rings. The molecule has 5 heteroatoms. The van der Waals surface area contributed by atoms with Crippen LogP contribution in [0.4, 0.5) is 0 Å². The van der Waals surface area contributed by atoms with Gasteiger partial charge in [-0.1, -0.05) is 36.8 Å². The van der Waals surface area contributed by atoms with Crippen LogP contribution in [0.15, 0.2) is 48.8 Å². The molecule has 2 atom stereocenters. The van der Waals surface area contributed by atoms with Crippen LogP contribution >= 0.6 is 0 Å². The second kappa shape index (κ2) is 6.75. The second-order valence-corrected chi connectivity index (χ2v) is 5.83. The Morgan fingerprint density at radius 3 is 2.77 bits per heavy atom. The lowest BCUT2D eigenvalue weighted by molar-refractivity contribution is -0.125. The smallest absolute Gasteiger partial charge is 0.239 e. The molecule has 1 aromatic heterocycles. The van der Waals surface area contributed by atoms with Crippen LogP contribution in [0.3, 0.4) is 0 Å². The molecule has 1 aliphatic heterocycles. The van der Waals surface area contributed by atoms with E-state index in [9.17, 15) is 4.79 Å². The normalized spacial score (nSPS) is 20.6. The summed E-state index contributed by atoms with van der Waals surface area (Å²) in [7, 11) is 0. The van der Waals surface area contributed by atoms with Gasteiger partial charge in [-0.05, 0) is 31.0 Å². The number of benzene rings is 1. The van der Waals surface area contributed by atoms with E-state index in [1.165, 1.54) is 6.42 Å². The third-order valence-electron chi connectivity index (χ3n) is 4.35. The highest BCUT2D eigenvalue weighted by molar-refractivity contribution is 5.81. The van der Waals surface area contributed by atoms with Crippen LogP contribution in [0.2, 0.25) is 0 Å². The van der Waals surface area contributed by atoms with Gasteiger partial charge in [0.15, 0.2) is 0 Å². The molecule has 0 spiro atoms. The van der Waals surface area contributed by atoms with Gasteiger partial charge in [0.05, 0.1) is 6.54 Å².